The first-order chi connectivity index (χ1) is 8.26. The molecule has 96 valence electrons. The molecule has 0 aromatic heterocycles. The summed E-state index contributed by atoms with van der Waals surface area (Å²) in [6.07, 6.45) is 5.86. The molecule has 0 aliphatic rings. The maximum atomic E-state index is 9.54. The van der Waals surface area contributed by atoms with Gasteiger partial charge in [0, 0.05) is 6.61 Å². The number of phenolic OH excluding ortho intramolecular Hbond substituents is 1. The molecule has 1 N–H and O–H groups in total. The van der Waals surface area contributed by atoms with Gasteiger partial charge in [0.15, 0.2) is 0 Å². The van der Waals surface area contributed by atoms with E-state index in [9.17, 15) is 5.11 Å². The lowest BCUT2D eigenvalue weighted by Gasteiger charge is -2.07. The van der Waals surface area contributed by atoms with Crippen molar-refractivity contribution in [2.45, 2.75) is 52.6 Å². The van der Waals surface area contributed by atoms with Gasteiger partial charge in [-0.25, -0.2) is 0 Å². The van der Waals surface area contributed by atoms with E-state index in [1.807, 2.05) is 6.07 Å². The minimum Gasteiger partial charge on any atom is -0.508 e. The molecule has 0 aliphatic heterocycles. The molecule has 0 spiro atoms. The fourth-order valence-corrected chi connectivity index (χ4v) is 1.85. The summed E-state index contributed by atoms with van der Waals surface area (Å²) in [5.41, 5.74) is 2.23. The summed E-state index contributed by atoms with van der Waals surface area (Å²) in [4.78, 5) is 0. The summed E-state index contributed by atoms with van der Waals surface area (Å²) in [5.74, 6) is 0.342. The Morgan fingerprint density at radius 1 is 1.00 bits per heavy atom. The third-order valence-electron chi connectivity index (χ3n) is 2.86. The minimum atomic E-state index is 0.342. The van der Waals surface area contributed by atoms with Gasteiger partial charge in [-0.2, -0.15) is 0 Å². The Hall–Kier alpha value is -1.02. The zero-order valence-corrected chi connectivity index (χ0v) is 11.0. The Labute approximate surface area is 105 Å². The van der Waals surface area contributed by atoms with Gasteiger partial charge in [-0.1, -0.05) is 39.2 Å². The van der Waals surface area contributed by atoms with Crippen molar-refractivity contribution >= 4 is 0 Å². The predicted molar refractivity (Wildman–Crippen MR) is 71.3 cm³/mol. The van der Waals surface area contributed by atoms with Gasteiger partial charge in [0.05, 0.1) is 6.61 Å². The lowest BCUT2D eigenvalue weighted by Crippen LogP contribution is -1.96. The number of hydrogen-bond donors (Lipinski definition) is 1. The summed E-state index contributed by atoms with van der Waals surface area (Å²) in [5, 5.41) is 9.54. The predicted octanol–water partition coefficient (Wildman–Crippen LogP) is 4.05. The molecule has 0 unspecified atom stereocenters. The van der Waals surface area contributed by atoms with Crippen LogP contribution in [-0.4, -0.2) is 11.7 Å². The van der Waals surface area contributed by atoms with Gasteiger partial charge in [0.25, 0.3) is 0 Å². The Morgan fingerprint density at radius 2 is 1.76 bits per heavy atom. The van der Waals surface area contributed by atoms with Crippen molar-refractivity contribution in [3.63, 3.8) is 0 Å². The SMILES string of the molecule is CCCCCCOCc1cc(O)cc(CC)c1. The molecule has 0 amide bonds. The monoisotopic (exact) mass is 236 g/mol. The first kappa shape index (κ1) is 14.0. The minimum absolute atomic E-state index is 0.342. The summed E-state index contributed by atoms with van der Waals surface area (Å²) < 4.78 is 5.61. The van der Waals surface area contributed by atoms with Crippen LogP contribution in [0, 0.1) is 0 Å². The van der Waals surface area contributed by atoms with Gasteiger partial charge in [0.1, 0.15) is 5.75 Å². The lowest BCUT2D eigenvalue weighted by molar-refractivity contribution is 0.116. The number of aromatic hydroxyl groups is 1. The van der Waals surface area contributed by atoms with Crippen LogP contribution in [0.1, 0.15) is 50.7 Å². The molecule has 0 fully saturated rings. The van der Waals surface area contributed by atoms with E-state index in [1.165, 1.54) is 19.3 Å². The van der Waals surface area contributed by atoms with E-state index < -0.39 is 0 Å². The number of phenols is 1. The molecule has 1 aromatic rings. The maximum absolute atomic E-state index is 9.54. The van der Waals surface area contributed by atoms with E-state index in [0.29, 0.717) is 12.4 Å². The van der Waals surface area contributed by atoms with Gasteiger partial charge in [-0.15, -0.1) is 0 Å². The molecule has 0 radical (unpaired) electrons. The second-order valence-electron chi connectivity index (χ2n) is 4.47. The summed E-state index contributed by atoms with van der Waals surface area (Å²) >= 11 is 0. The van der Waals surface area contributed by atoms with Crippen molar-refractivity contribution < 1.29 is 9.84 Å². The van der Waals surface area contributed by atoms with Crippen LogP contribution in [0.2, 0.25) is 0 Å². The Morgan fingerprint density at radius 3 is 2.47 bits per heavy atom. The Kier molecular flexibility index (Phi) is 6.71. The van der Waals surface area contributed by atoms with Crippen LogP contribution in [0.15, 0.2) is 18.2 Å². The molecule has 0 heterocycles. The number of benzene rings is 1. The van der Waals surface area contributed by atoms with E-state index in [1.54, 1.807) is 6.07 Å². The Bertz CT molecular complexity index is 321. The lowest BCUT2D eigenvalue weighted by atomic mass is 10.1. The second-order valence-corrected chi connectivity index (χ2v) is 4.47. The third-order valence-corrected chi connectivity index (χ3v) is 2.86. The molecule has 1 aromatic carbocycles. The van der Waals surface area contributed by atoms with E-state index in [2.05, 4.69) is 19.9 Å². The highest BCUT2D eigenvalue weighted by atomic mass is 16.5. The van der Waals surface area contributed by atoms with Crippen LogP contribution < -0.4 is 0 Å². The smallest absolute Gasteiger partial charge is 0.116 e. The zero-order valence-electron chi connectivity index (χ0n) is 11.0. The third kappa shape index (κ3) is 5.73. The van der Waals surface area contributed by atoms with Gasteiger partial charge < -0.3 is 9.84 Å². The van der Waals surface area contributed by atoms with Crippen molar-refractivity contribution in [2.75, 3.05) is 6.61 Å². The molecule has 0 saturated carbocycles. The van der Waals surface area contributed by atoms with Crippen molar-refractivity contribution in [1.29, 1.82) is 0 Å². The first-order valence-electron chi connectivity index (χ1n) is 6.65. The summed E-state index contributed by atoms with van der Waals surface area (Å²) in [6.45, 7) is 5.72. The molecule has 0 saturated heterocycles. The van der Waals surface area contributed by atoms with E-state index in [4.69, 9.17) is 4.74 Å². The quantitative estimate of drug-likeness (QED) is 0.690. The van der Waals surface area contributed by atoms with Crippen LogP contribution in [0.5, 0.6) is 5.75 Å². The number of hydrogen-bond acceptors (Lipinski definition) is 2. The van der Waals surface area contributed by atoms with Gasteiger partial charge in [-0.05, 0) is 36.1 Å². The van der Waals surface area contributed by atoms with Crippen molar-refractivity contribution in [2.24, 2.45) is 0 Å². The maximum Gasteiger partial charge on any atom is 0.116 e. The fourth-order valence-electron chi connectivity index (χ4n) is 1.85. The van der Waals surface area contributed by atoms with Gasteiger partial charge in [0.2, 0.25) is 0 Å². The number of aryl methyl sites for hydroxylation is 1. The summed E-state index contributed by atoms with van der Waals surface area (Å²) in [6, 6.07) is 5.70. The number of ether oxygens (including phenoxy) is 1. The van der Waals surface area contributed by atoms with E-state index in [-0.39, 0.29) is 0 Å². The highest BCUT2D eigenvalue weighted by Gasteiger charge is 1.99. The molecular weight excluding hydrogens is 212 g/mol. The molecule has 2 nitrogen and oxygen atoms in total. The Balaban J connectivity index is 2.28. The average molecular weight is 236 g/mol. The number of unbranched alkanes of at least 4 members (excludes halogenated alkanes) is 3. The zero-order chi connectivity index (χ0) is 12.5. The van der Waals surface area contributed by atoms with E-state index >= 15 is 0 Å². The standard InChI is InChI=1S/C15H24O2/c1-3-5-6-7-8-17-12-14-9-13(4-2)10-15(16)11-14/h9-11,16H,3-8,12H2,1-2H3. The topological polar surface area (TPSA) is 29.5 Å². The first-order valence-corrected chi connectivity index (χ1v) is 6.65. The van der Waals surface area contributed by atoms with Crippen molar-refractivity contribution in [3.05, 3.63) is 29.3 Å². The van der Waals surface area contributed by atoms with Crippen LogP contribution in [-0.2, 0) is 17.8 Å². The largest absolute Gasteiger partial charge is 0.508 e. The van der Waals surface area contributed by atoms with Crippen LogP contribution >= 0.6 is 0 Å². The fraction of sp³-hybridized carbons (Fsp3) is 0.600. The second kappa shape index (κ2) is 8.13. The molecule has 2 heteroatoms. The molecular formula is C15H24O2. The molecule has 0 atom stereocenters. The van der Waals surface area contributed by atoms with Crippen molar-refractivity contribution in [1.82, 2.24) is 0 Å². The normalized spacial score (nSPS) is 10.7. The molecule has 0 bridgehead atoms. The van der Waals surface area contributed by atoms with Gasteiger partial charge >= 0.3 is 0 Å². The molecule has 0 aliphatic carbocycles. The van der Waals surface area contributed by atoms with Gasteiger partial charge in [-0.3, -0.25) is 0 Å². The summed E-state index contributed by atoms with van der Waals surface area (Å²) in [7, 11) is 0. The average Bonchev–Trinajstić information content (AvgIpc) is 2.33. The molecule has 1 rings (SSSR count). The van der Waals surface area contributed by atoms with Crippen LogP contribution in [0.25, 0.3) is 0 Å². The van der Waals surface area contributed by atoms with Crippen LogP contribution in [0.3, 0.4) is 0 Å². The van der Waals surface area contributed by atoms with E-state index in [0.717, 1.165) is 30.6 Å². The molecule has 17 heavy (non-hydrogen) atoms. The van der Waals surface area contributed by atoms with Crippen LogP contribution in [0.4, 0.5) is 0 Å². The number of rotatable bonds is 8. The highest BCUT2D eigenvalue weighted by Crippen LogP contribution is 2.17. The highest BCUT2D eigenvalue weighted by molar-refractivity contribution is 5.33. The van der Waals surface area contributed by atoms with Crippen molar-refractivity contribution in [3.8, 4) is 5.75 Å².